The van der Waals surface area contributed by atoms with Gasteiger partial charge in [-0.2, -0.15) is 0 Å². The first-order valence-corrected chi connectivity index (χ1v) is 19.2. The van der Waals surface area contributed by atoms with Crippen LogP contribution in [0.25, 0.3) is 32.3 Å². The van der Waals surface area contributed by atoms with Crippen LogP contribution in [-0.4, -0.2) is 40.3 Å². The Morgan fingerprint density at radius 3 is 1.87 bits per heavy atom. The smallest absolute Gasteiger partial charge is 0.333 e. The van der Waals surface area contributed by atoms with Crippen LogP contribution in [0.4, 0.5) is 0 Å². The standard InChI is InChI=1S/C37H44N2O5S2/c40-32(38-26-30-19-18-29-17-16-27-12-11-13-28-20-21-31(30)37(29)36(27)28)14-7-3-1-5-9-24-45-46-25-10-6-2-4-8-15-35(43)44-39-33(41)22-23-34(39)42/h11-13,16-21H,1-10,14-15,22-26H2,(H,38,40). The fourth-order valence-electron chi connectivity index (χ4n) is 6.09. The second-order valence-corrected chi connectivity index (χ2v) is 14.8. The van der Waals surface area contributed by atoms with E-state index in [9.17, 15) is 19.2 Å². The number of unbranched alkanes of at least 4 members (excludes halogenated alkanes) is 8. The molecule has 4 aromatic carbocycles. The van der Waals surface area contributed by atoms with Crippen LogP contribution in [0.5, 0.6) is 0 Å². The number of rotatable bonds is 20. The summed E-state index contributed by atoms with van der Waals surface area (Å²) >= 11 is 0. The van der Waals surface area contributed by atoms with Crippen molar-refractivity contribution in [2.45, 2.75) is 96.4 Å². The van der Waals surface area contributed by atoms with E-state index in [1.54, 1.807) is 0 Å². The molecule has 46 heavy (non-hydrogen) atoms. The maximum atomic E-state index is 12.6. The maximum absolute atomic E-state index is 12.6. The van der Waals surface area contributed by atoms with Gasteiger partial charge in [-0.05, 0) is 63.6 Å². The van der Waals surface area contributed by atoms with Crippen LogP contribution >= 0.6 is 21.6 Å². The number of carbonyl (C=O) groups is 4. The number of nitrogens with zero attached hydrogens (tertiary/aromatic N) is 1. The Morgan fingerprint density at radius 2 is 1.20 bits per heavy atom. The molecule has 1 aliphatic rings. The molecule has 0 radical (unpaired) electrons. The lowest BCUT2D eigenvalue weighted by molar-refractivity contribution is -0.197. The quantitative estimate of drug-likeness (QED) is 0.0438. The summed E-state index contributed by atoms with van der Waals surface area (Å²) in [4.78, 5) is 52.2. The molecule has 0 aromatic heterocycles. The summed E-state index contributed by atoms with van der Waals surface area (Å²) in [5.41, 5.74) is 1.17. The summed E-state index contributed by atoms with van der Waals surface area (Å²) in [6.45, 7) is 0.561. The van der Waals surface area contributed by atoms with Crippen LogP contribution in [-0.2, 0) is 30.6 Å². The Morgan fingerprint density at radius 1 is 0.652 bits per heavy atom. The number of hydrogen-bond donors (Lipinski definition) is 1. The lowest BCUT2D eigenvalue weighted by Crippen LogP contribution is -2.31. The molecule has 0 spiro atoms. The average molecular weight is 661 g/mol. The molecule has 0 atom stereocenters. The highest BCUT2D eigenvalue weighted by Gasteiger charge is 2.32. The zero-order chi connectivity index (χ0) is 32.1. The summed E-state index contributed by atoms with van der Waals surface area (Å²) in [5, 5.41) is 11.4. The minimum absolute atomic E-state index is 0.122. The molecule has 1 heterocycles. The van der Waals surface area contributed by atoms with Crippen LogP contribution in [0.2, 0.25) is 0 Å². The number of benzene rings is 4. The van der Waals surface area contributed by atoms with Crippen LogP contribution < -0.4 is 5.32 Å². The predicted octanol–water partition coefficient (Wildman–Crippen LogP) is 8.87. The molecular weight excluding hydrogens is 617 g/mol. The minimum atomic E-state index is -0.507. The fourth-order valence-corrected chi connectivity index (χ4v) is 8.39. The summed E-state index contributed by atoms with van der Waals surface area (Å²) in [6.07, 6.45) is 11.7. The number of carbonyl (C=O) groups excluding carboxylic acids is 4. The third kappa shape index (κ3) is 9.38. The van der Waals surface area contributed by atoms with Crippen LogP contribution in [0.15, 0.2) is 54.6 Å². The highest BCUT2D eigenvalue weighted by Crippen LogP contribution is 2.36. The molecule has 0 aliphatic carbocycles. The lowest BCUT2D eigenvalue weighted by Gasteiger charge is -2.14. The molecule has 3 amide bonds. The Bertz CT molecular complexity index is 1610. The van der Waals surface area contributed by atoms with Gasteiger partial charge in [-0.15, -0.1) is 5.06 Å². The van der Waals surface area contributed by atoms with Crippen LogP contribution in [0, 0.1) is 0 Å². The normalized spacial score (nSPS) is 13.4. The molecule has 0 saturated carbocycles. The third-order valence-electron chi connectivity index (χ3n) is 8.62. The number of nitrogens with one attached hydrogen (secondary N) is 1. The zero-order valence-electron chi connectivity index (χ0n) is 26.5. The topological polar surface area (TPSA) is 92.8 Å². The van der Waals surface area contributed by atoms with Crippen molar-refractivity contribution in [1.82, 2.24) is 10.4 Å². The molecule has 244 valence electrons. The van der Waals surface area contributed by atoms with E-state index >= 15 is 0 Å². The number of imide groups is 1. The van der Waals surface area contributed by atoms with E-state index in [0.29, 0.717) is 24.4 Å². The average Bonchev–Trinajstić information content (AvgIpc) is 3.38. The molecule has 0 bridgehead atoms. The van der Waals surface area contributed by atoms with E-state index in [4.69, 9.17) is 4.84 Å². The van der Waals surface area contributed by atoms with E-state index in [1.807, 2.05) is 21.6 Å². The summed E-state index contributed by atoms with van der Waals surface area (Å²) in [5.74, 6) is 1.06. The Hall–Kier alpha value is -3.30. The summed E-state index contributed by atoms with van der Waals surface area (Å²) in [7, 11) is 3.89. The monoisotopic (exact) mass is 660 g/mol. The van der Waals surface area contributed by atoms with Gasteiger partial charge in [0, 0.05) is 43.7 Å². The van der Waals surface area contributed by atoms with Crippen molar-refractivity contribution in [2.24, 2.45) is 0 Å². The second-order valence-electron chi connectivity index (χ2n) is 12.1. The van der Waals surface area contributed by atoms with Crippen molar-refractivity contribution >= 4 is 77.6 Å². The molecular formula is C37H44N2O5S2. The highest BCUT2D eigenvalue weighted by atomic mass is 33.1. The van der Waals surface area contributed by atoms with Crippen molar-refractivity contribution in [3.8, 4) is 0 Å². The first-order valence-electron chi connectivity index (χ1n) is 16.7. The number of hydroxylamine groups is 2. The van der Waals surface area contributed by atoms with Crippen molar-refractivity contribution in [3.63, 3.8) is 0 Å². The Kier molecular flexibility index (Phi) is 13.0. The molecule has 7 nitrogen and oxygen atoms in total. The van der Waals surface area contributed by atoms with Gasteiger partial charge in [0.2, 0.25) is 5.91 Å². The SMILES string of the molecule is O=C(CCCCCCCSSCCCCCCCC(=O)ON1C(=O)CCC1=O)NCc1ccc2ccc3cccc4ccc1c2c34. The maximum Gasteiger partial charge on any atom is 0.333 e. The lowest BCUT2D eigenvalue weighted by atomic mass is 9.92. The molecule has 5 rings (SSSR count). The molecule has 1 N–H and O–H groups in total. The largest absolute Gasteiger partial charge is 0.352 e. The number of hydrogen-bond acceptors (Lipinski definition) is 7. The van der Waals surface area contributed by atoms with Gasteiger partial charge in [0.25, 0.3) is 11.8 Å². The molecule has 4 aromatic rings. The van der Waals surface area contributed by atoms with Gasteiger partial charge in [0.05, 0.1) is 0 Å². The van der Waals surface area contributed by atoms with Crippen molar-refractivity contribution in [2.75, 3.05) is 11.5 Å². The van der Waals surface area contributed by atoms with Crippen molar-refractivity contribution in [3.05, 3.63) is 60.2 Å². The second kappa shape index (κ2) is 17.6. The predicted molar refractivity (Wildman–Crippen MR) is 189 cm³/mol. The van der Waals surface area contributed by atoms with Gasteiger partial charge in [-0.25, -0.2) is 4.79 Å². The Balaban J connectivity index is 0.832. The van der Waals surface area contributed by atoms with Gasteiger partial charge >= 0.3 is 5.97 Å². The van der Waals surface area contributed by atoms with Crippen LogP contribution in [0.1, 0.15) is 95.5 Å². The minimum Gasteiger partial charge on any atom is -0.352 e. The van der Waals surface area contributed by atoms with Gasteiger partial charge in [0.15, 0.2) is 0 Å². The Labute approximate surface area is 279 Å². The van der Waals surface area contributed by atoms with Gasteiger partial charge in [0.1, 0.15) is 0 Å². The van der Waals surface area contributed by atoms with E-state index in [1.165, 1.54) is 57.1 Å². The van der Waals surface area contributed by atoms with E-state index < -0.39 is 17.8 Å². The number of amides is 3. The molecule has 1 aliphatic heterocycles. The first-order chi connectivity index (χ1) is 22.5. The summed E-state index contributed by atoms with van der Waals surface area (Å²) in [6, 6.07) is 19.5. The fraction of sp³-hybridized carbons (Fsp3) is 0.459. The zero-order valence-corrected chi connectivity index (χ0v) is 28.2. The van der Waals surface area contributed by atoms with Crippen LogP contribution in [0.3, 0.4) is 0 Å². The van der Waals surface area contributed by atoms with Gasteiger partial charge in [-0.1, -0.05) is 115 Å². The molecule has 1 saturated heterocycles. The van der Waals surface area contributed by atoms with E-state index in [0.717, 1.165) is 50.0 Å². The molecule has 1 fully saturated rings. The van der Waals surface area contributed by atoms with Crippen molar-refractivity contribution in [1.29, 1.82) is 0 Å². The summed E-state index contributed by atoms with van der Waals surface area (Å²) < 4.78 is 0. The van der Waals surface area contributed by atoms with E-state index in [-0.39, 0.29) is 25.2 Å². The highest BCUT2D eigenvalue weighted by molar-refractivity contribution is 8.76. The molecule has 0 unspecified atom stereocenters. The third-order valence-corrected chi connectivity index (χ3v) is 11.2. The first kappa shape index (κ1) is 34.0. The van der Waals surface area contributed by atoms with Crippen molar-refractivity contribution < 1.29 is 24.0 Å². The molecule has 9 heteroatoms. The van der Waals surface area contributed by atoms with Gasteiger partial charge < -0.3 is 10.2 Å². The van der Waals surface area contributed by atoms with Gasteiger partial charge in [-0.3, -0.25) is 14.4 Å². The van der Waals surface area contributed by atoms with E-state index in [2.05, 4.69) is 59.9 Å².